The van der Waals surface area contributed by atoms with E-state index < -0.39 is 0 Å². The molecule has 1 N–H and O–H groups in total. The Morgan fingerprint density at radius 2 is 1.88 bits per heavy atom. The minimum Gasteiger partial charge on any atom is -0.411 e. The van der Waals surface area contributed by atoms with Gasteiger partial charge in [-0.15, -0.1) is 11.3 Å². The Morgan fingerprint density at radius 1 is 1.12 bits per heavy atom. The van der Waals surface area contributed by atoms with E-state index in [-0.39, 0.29) is 0 Å². The third-order valence-electron chi connectivity index (χ3n) is 4.43. The van der Waals surface area contributed by atoms with E-state index in [1.165, 1.54) is 16.0 Å². The maximum atomic E-state index is 9.38. The van der Waals surface area contributed by atoms with Crippen molar-refractivity contribution in [2.45, 2.75) is 18.8 Å². The molecule has 4 rings (SSSR count). The lowest BCUT2D eigenvalue weighted by Crippen LogP contribution is -2.14. The summed E-state index contributed by atoms with van der Waals surface area (Å²) < 4.78 is 0. The lowest BCUT2D eigenvalue weighted by molar-refractivity contribution is 0.317. The first kappa shape index (κ1) is 15.4. The van der Waals surface area contributed by atoms with Crippen molar-refractivity contribution in [2.75, 3.05) is 0 Å². The average Bonchev–Trinajstić information content (AvgIpc) is 3.08. The number of nitrogens with zero attached hydrogens (tertiary/aromatic N) is 2. The van der Waals surface area contributed by atoms with E-state index in [9.17, 15) is 5.21 Å². The van der Waals surface area contributed by atoms with Crippen LogP contribution in [0, 0.1) is 0 Å². The van der Waals surface area contributed by atoms with E-state index in [1.807, 2.05) is 24.3 Å². The standard InChI is InChI=1S/C19H15ClN2OS/c20-14-3-1-12(2-4-14)15-5-6-17(22-23)19-16(15)11-18(24-19)13-7-9-21-10-8-13/h1-4,7-11,15,23H,5-6H2/b22-17-. The van der Waals surface area contributed by atoms with Crippen LogP contribution in [0.4, 0.5) is 0 Å². The van der Waals surface area contributed by atoms with Gasteiger partial charge in [0.2, 0.25) is 0 Å². The van der Waals surface area contributed by atoms with Crippen LogP contribution in [-0.2, 0) is 0 Å². The summed E-state index contributed by atoms with van der Waals surface area (Å²) in [5.41, 5.74) is 4.39. The molecule has 0 aliphatic heterocycles. The second-order valence-electron chi connectivity index (χ2n) is 5.82. The van der Waals surface area contributed by atoms with Crippen molar-refractivity contribution >= 4 is 28.6 Å². The Bertz CT molecular complexity index is 887. The molecule has 0 bridgehead atoms. The molecule has 0 saturated carbocycles. The molecule has 2 aromatic heterocycles. The van der Waals surface area contributed by atoms with Gasteiger partial charge in [-0.3, -0.25) is 4.98 Å². The molecule has 1 aliphatic carbocycles. The molecule has 1 aliphatic rings. The predicted octanol–water partition coefficient (Wildman–Crippen LogP) is 5.57. The normalized spacial score (nSPS) is 18.5. The summed E-state index contributed by atoms with van der Waals surface area (Å²) in [6.45, 7) is 0. The summed E-state index contributed by atoms with van der Waals surface area (Å²) >= 11 is 7.70. The molecule has 0 amide bonds. The first-order valence-electron chi connectivity index (χ1n) is 7.77. The number of hydrogen-bond acceptors (Lipinski definition) is 4. The number of halogens is 1. The number of pyridine rings is 1. The zero-order chi connectivity index (χ0) is 16.5. The van der Waals surface area contributed by atoms with Crippen molar-refractivity contribution in [3.8, 4) is 10.4 Å². The van der Waals surface area contributed by atoms with Crippen molar-refractivity contribution in [3.05, 3.63) is 75.9 Å². The van der Waals surface area contributed by atoms with Gasteiger partial charge in [0.15, 0.2) is 0 Å². The number of oxime groups is 1. The molecule has 0 spiro atoms. The number of aromatic nitrogens is 1. The minimum atomic E-state index is 0.301. The zero-order valence-corrected chi connectivity index (χ0v) is 14.4. The Morgan fingerprint density at radius 3 is 2.58 bits per heavy atom. The number of fused-ring (bicyclic) bond motifs is 1. The highest BCUT2D eigenvalue weighted by Crippen LogP contribution is 2.43. The van der Waals surface area contributed by atoms with Gasteiger partial charge in [0.25, 0.3) is 0 Å². The minimum absolute atomic E-state index is 0.301. The van der Waals surface area contributed by atoms with Gasteiger partial charge in [-0.2, -0.15) is 0 Å². The van der Waals surface area contributed by atoms with Crippen molar-refractivity contribution in [3.63, 3.8) is 0 Å². The van der Waals surface area contributed by atoms with E-state index in [0.29, 0.717) is 5.92 Å². The molecular formula is C19H15ClN2OS. The van der Waals surface area contributed by atoms with Gasteiger partial charge in [-0.25, -0.2) is 0 Å². The van der Waals surface area contributed by atoms with Crippen LogP contribution in [0.3, 0.4) is 0 Å². The number of benzene rings is 1. The first-order valence-corrected chi connectivity index (χ1v) is 8.96. The lowest BCUT2D eigenvalue weighted by Gasteiger charge is -2.23. The summed E-state index contributed by atoms with van der Waals surface area (Å²) in [7, 11) is 0. The Hall–Kier alpha value is -2.17. The fraction of sp³-hybridized carbons (Fsp3) is 0.158. The topological polar surface area (TPSA) is 45.5 Å². The molecule has 1 atom stereocenters. The smallest absolute Gasteiger partial charge is 0.0970 e. The summed E-state index contributed by atoms with van der Waals surface area (Å²) in [5.74, 6) is 0.301. The van der Waals surface area contributed by atoms with Crippen LogP contribution in [-0.4, -0.2) is 15.9 Å². The fourth-order valence-electron chi connectivity index (χ4n) is 3.23. The van der Waals surface area contributed by atoms with Crippen LogP contribution in [0.2, 0.25) is 5.02 Å². The monoisotopic (exact) mass is 354 g/mol. The largest absolute Gasteiger partial charge is 0.411 e. The molecule has 5 heteroatoms. The fourth-order valence-corrected chi connectivity index (χ4v) is 4.60. The molecule has 3 nitrogen and oxygen atoms in total. The van der Waals surface area contributed by atoms with E-state index >= 15 is 0 Å². The van der Waals surface area contributed by atoms with Gasteiger partial charge >= 0.3 is 0 Å². The van der Waals surface area contributed by atoms with E-state index in [2.05, 4.69) is 28.3 Å². The van der Waals surface area contributed by atoms with Crippen molar-refractivity contribution in [2.24, 2.45) is 5.16 Å². The highest BCUT2D eigenvalue weighted by atomic mass is 35.5. The highest BCUT2D eigenvalue weighted by Gasteiger charge is 2.28. The van der Waals surface area contributed by atoms with Gasteiger partial charge in [-0.1, -0.05) is 28.9 Å². The summed E-state index contributed by atoms with van der Waals surface area (Å²) in [4.78, 5) is 6.33. The summed E-state index contributed by atoms with van der Waals surface area (Å²) in [5, 5.41) is 13.7. The zero-order valence-electron chi connectivity index (χ0n) is 12.8. The summed E-state index contributed by atoms with van der Waals surface area (Å²) in [6, 6.07) is 14.3. The molecule has 1 unspecified atom stereocenters. The third-order valence-corrected chi connectivity index (χ3v) is 5.93. The molecule has 0 saturated heterocycles. The van der Waals surface area contributed by atoms with Crippen LogP contribution in [0.1, 0.15) is 34.8 Å². The maximum Gasteiger partial charge on any atom is 0.0970 e. The van der Waals surface area contributed by atoms with Gasteiger partial charge in [0, 0.05) is 28.2 Å². The van der Waals surface area contributed by atoms with E-state index in [4.69, 9.17) is 11.6 Å². The summed E-state index contributed by atoms with van der Waals surface area (Å²) in [6.07, 6.45) is 5.30. The predicted molar refractivity (Wildman–Crippen MR) is 98.4 cm³/mol. The van der Waals surface area contributed by atoms with Crippen molar-refractivity contribution in [1.29, 1.82) is 0 Å². The van der Waals surface area contributed by atoms with E-state index in [1.54, 1.807) is 23.7 Å². The second-order valence-corrected chi connectivity index (χ2v) is 7.31. The van der Waals surface area contributed by atoms with Crippen LogP contribution < -0.4 is 0 Å². The van der Waals surface area contributed by atoms with Crippen molar-refractivity contribution in [1.82, 2.24) is 4.98 Å². The van der Waals surface area contributed by atoms with Crippen LogP contribution in [0.25, 0.3) is 10.4 Å². The van der Waals surface area contributed by atoms with Gasteiger partial charge in [0.1, 0.15) is 0 Å². The van der Waals surface area contributed by atoms with Gasteiger partial charge < -0.3 is 5.21 Å². The number of thiophene rings is 1. The molecule has 2 heterocycles. The highest BCUT2D eigenvalue weighted by molar-refractivity contribution is 7.17. The second kappa shape index (κ2) is 6.38. The van der Waals surface area contributed by atoms with Crippen LogP contribution in [0.5, 0.6) is 0 Å². The molecule has 0 fully saturated rings. The Balaban J connectivity index is 1.82. The van der Waals surface area contributed by atoms with Gasteiger partial charge in [0.05, 0.1) is 10.6 Å². The quantitative estimate of drug-likeness (QED) is 0.483. The molecular weight excluding hydrogens is 340 g/mol. The Labute approximate surface area is 149 Å². The molecule has 24 heavy (non-hydrogen) atoms. The van der Waals surface area contributed by atoms with Gasteiger partial charge in [-0.05, 0) is 59.9 Å². The SMILES string of the molecule is O/N=C1/CCC(c2ccc(Cl)cc2)c2cc(-c3ccncc3)sc21. The lowest BCUT2D eigenvalue weighted by atomic mass is 9.81. The molecule has 0 radical (unpaired) electrons. The third kappa shape index (κ3) is 2.72. The molecule has 1 aromatic carbocycles. The van der Waals surface area contributed by atoms with E-state index in [0.717, 1.165) is 34.0 Å². The van der Waals surface area contributed by atoms with Crippen LogP contribution in [0.15, 0.2) is 60.0 Å². The van der Waals surface area contributed by atoms with Crippen LogP contribution >= 0.6 is 22.9 Å². The van der Waals surface area contributed by atoms with Crippen molar-refractivity contribution < 1.29 is 5.21 Å². The first-order chi connectivity index (χ1) is 11.8. The number of hydrogen-bond donors (Lipinski definition) is 1. The molecule has 3 aromatic rings. The molecule has 120 valence electrons. The number of rotatable bonds is 2. The maximum absolute atomic E-state index is 9.38. The average molecular weight is 355 g/mol. The Kier molecular flexibility index (Phi) is 4.08.